The van der Waals surface area contributed by atoms with Crippen molar-refractivity contribution in [2.45, 2.75) is 44.7 Å². The first kappa shape index (κ1) is 14.8. The Morgan fingerprint density at radius 1 is 1.33 bits per heavy atom. The first-order valence-electron chi connectivity index (χ1n) is 7.68. The van der Waals surface area contributed by atoms with Crippen LogP contribution in [0.2, 0.25) is 0 Å². The number of hydrogen-bond acceptors (Lipinski definition) is 5. The molecule has 2 aromatic heterocycles. The molecule has 1 aliphatic rings. The summed E-state index contributed by atoms with van der Waals surface area (Å²) in [5.74, 6) is 0. The maximum atomic E-state index is 9.33. The van der Waals surface area contributed by atoms with Crippen LogP contribution in [-0.4, -0.2) is 34.2 Å². The van der Waals surface area contributed by atoms with Gasteiger partial charge < -0.3 is 9.52 Å². The van der Waals surface area contributed by atoms with Gasteiger partial charge >= 0.3 is 0 Å². The van der Waals surface area contributed by atoms with Crippen molar-refractivity contribution in [1.82, 2.24) is 9.88 Å². The molecule has 1 saturated carbocycles. The maximum absolute atomic E-state index is 9.33. The smallest absolute Gasteiger partial charge is 0.126 e. The summed E-state index contributed by atoms with van der Waals surface area (Å²) in [6, 6.07) is 2.54. The molecule has 5 heteroatoms. The summed E-state index contributed by atoms with van der Waals surface area (Å²) >= 11 is 1.65. The van der Waals surface area contributed by atoms with Gasteiger partial charge in [0.05, 0.1) is 18.6 Å². The predicted octanol–water partition coefficient (Wildman–Crippen LogP) is 3.53. The zero-order valence-electron chi connectivity index (χ0n) is 12.2. The van der Waals surface area contributed by atoms with Crippen LogP contribution in [0.3, 0.4) is 0 Å². The molecule has 0 atom stereocenters. The van der Waals surface area contributed by atoms with Crippen molar-refractivity contribution >= 4 is 11.3 Å². The highest BCUT2D eigenvalue weighted by molar-refractivity contribution is 7.13. The van der Waals surface area contributed by atoms with Gasteiger partial charge in [-0.1, -0.05) is 19.3 Å². The topological polar surface area (TPSA) is 49.5 Å². The summed E-state index contributed by atoms with van der Waals surface area (Å²) < 4.78 is 5.12. The van der Waals surface area contributed by atoms with Gasteiger partial charge in [-0.2, -0.15) is 0 Å². The zero-order chi connectivity index (χ0) is 14.5. The minimum atomic E-state index is 0.217. The number of aliphatic hydroxyl groups is 1. The Bertz CT molecular complexity index is 532. The number of thiazole rings is 1. The predicted molar refractivity (Wildman–Crippen MR) is 84.2 cm³/mol. The first-order valence-corrected chi connectivity index (χ1v) is 8.56. The average molecular weight is 306 g/mol. The van der Waals surface area contributed by atoms with Crippen molar-refractivity contribution in [3.05, 3.63) is 29.7 Å². The van der Waals surface area contributed by atoms with E-state index in [-0.39, 0.29) is 6.61 Å². The van der Waals surface area contributed by atoms with Crippen LogP contribution in [0, 0.1) is 0 Å². The molecule has 1 N–H and O–H groups in total. The number of rotatable bonds is 6. The van der Waals surface area contributed by atoms with E-state index in [1.807, 2.05) is 6.07 Å². The molecular formula is C16H22N2O2S. The lowest BCUT2D eigenvalue weighted by Crippen LogP contribution is -2.38. The molecule has 4 nitrogen and oxygen atoms in total. The van der Waals surface area contributed by atoms with Gasteiger partial charge in [0.1, 0.15) is 11.3 Å². The Morgan fingerprint density at radius 3 is 2.90 bits per heavy atom. The quantitative estimate of drug-likeness (QED) is 0.887. The normalized spacial score (nSPS) is 16.7. The standard InChI is InChI=1S/C16H22N2O2S/c19-8-7-18(15-4-2-1-3-5-15)10-14-12-21-16(17-14)13-6-9-20-11-13/h6,9,11-12,15,19H,1-5,7-8,10H2. The van der Waals surface area contributed by atoms with E-state index in [2.05, 4.69) is 10.3 Å². The van der Waals surface area contributed by atoms with E-state index >= 15 is 0 Å². The van der Waals surface area contributed by atoms with Gasteiger partial charge in [-0.25, -0.2) is 4.98 Å². The Morgan fingerprint density at radius 2 is 2.19 bits per heavy atom. The van der Waals surface area contributed by atoms with Crippen LogP contribution in [0.5, 0.6) is 0 Å². The van der Waals surface area contributed by atoms with Gasteiger partial charge in [0.2, 0.25) is 0 Å². The van der Waals surface area contributed by atoms with Gasteiger partial charge in [0.15, 0.2) is 0 Å². The number of nitrogens with zero attached hydrogens (tertiary/aromatic N) is 2. The average Bonchev–Trinajstić information content (AvgIpc) is 3.19. The summed E-state index contributed by atoms with van der Waals surface area (Å²) in [7, 11) is 0. The maximum Gasteiger partial charge on any atom is 0.126 e. The third kappa shape index (κ3) is 3.73. The number of hydrogen-bond donors (Lipinski definition) is 1. The number of aromatic nitrogens is 1. The molecule has 114 valence electrons. The summed E-state index contributed by atoms with van der Waals surface area (Å²) in [5, 5.41) is 12.5. The van der Waals surface area contributed by atoms with Crippen molar-refractivity contribution in [3.8, 4) is 10.6 Å². The minimum Gasteiger partial charge on any atom is -0.472 e. The summed E-state index contributed by atoms with van der Waals surface area (Å²) in [6.07, 6.45) is 9.88. The van der Waals surface area contributed by atoms with Gasteiger partial charge in [0, 0.05) is 30.1 Å². The van der Waals surface area contributed by atoms with Crippen LogP contribution in [0.4, 0.5) is 0 Å². The first-order chi connectivity index (χ1) is 10.4. The summed E-state index contributed by atoms with van der Waals surface area (Å²) in [4.78, 5) is 7.10. The molecule has 2 aromatic rings. The lowest BCUT2D eigenvalue weighted by atomic mass is 9.94. The molecule has 0 spiro atoms. The fourth-order valence-electron chi connectivity index (χ4n) is 3.07. The lowest BCUT2D eigenvalue weighted by molar-refractivity contribution is 0.116. The van der Waals surface area contributed by atoms with Gasteiger partial charge in [-0.05, 0) is 18.9 Å². The van der Waals surface area contributed by atoms with Crippen LogP contribution < -0.4 is 0 Å². The van der Waals surface area contributed by atoms with E-state index in [0.29, 0.717) is 6.04 Å². The summed E-state index contributed by atoms with van der Waals surface area (Å²) in [6.45, 7) is 1.79. The Hall–Kier alpha value is -1.17. The largest absolute Gasteiger partial charge is 0.472 e. The van der Waals surface area contributed by atoms with Crippen LogP contribution in [0.1, 0.15) is 37.8 Å². The third-order valence-corrected chi connectivity index (χ3v) is 5.10. The second-order valence-electron chi connectivity index (χ2n) is 5.64. The minimum absolute atomic E-state index is 0.217. The van der Waals surface area contributed by atoms with Crippen molar-refractivity contribution in [1.29, 1.82) is 0 Å². The van der Waals surface area contributed by atoms with E-state index in [1.54, 1.807) is 23.9 Å². The SMILES string of the molecule is OCCN(Cc1csc(-c2ccoc2)n1)C1CCCCC1. The molecule has 21 heavy (non-hydrogen) atoms. The molecule has 0 saturated heterocycles. The number of aliphatic hydroxyl groups excluding tert-OH is 1. The molecule has 2 heterocycles. The van der Waals surface area contributed by atoms with Gasteiger partial charge in [-0.15, -0.1) is 11.3 Å². The van der Waals surface area contributed by atoms with Crippen molar-refractivity contribution in [2.24, 2.45) is 0 Å². The van der Waals surface area contributed by atoms with E-state index in [1.165, 1.54) is 32.1 Å². The molecule has 0 aliphatic heterocycles. The van der Waals surface area contributed by atoms with Crippen LogP contribution >= 0.6 is 11.3 Å². The zero-order valence-corrected chi connectivity index (χ0v) is 13.0. The van der Waals surface area contributed by atoms with Crippen LogP contribution in [-0.2, 0) is 6.54 Å². The highest BCUT2D eigenvalue weighted by Gasteiger charge is 2.21. The second-order valence-corrected chi connectivity index (χ2v) is 6.50. The molecule has 3 rings (SSSR count). The lowest BCUT2D eigenvalue weighted by Gasteiger charge is -2.33. The Kier molecular flexibility index (Phi) is 5.06. The summed E-state index contributed by atoms with van der Waals surface area (Å²) in [5.41, 5.74) is 2.13. The van der Waals surface area contributed by atoms with Gasteiger partial charge in [0.25, 0.3) is 0 Å². The molecule has 0 unspecified atom stereocenters. The van der Waals surface area contributed by atoms with E-state index < -0.39 is 0 Å². The van der Waals surface area contributed by atoms with Gasteiger partial charge in [-0.3, -0.25) is 4.90 Å². The number of furan rings is 1. The molecule has 1 fully saturated rings. The van der Waals surface area contributed by atoms with E-state index in [0.717, 1.165) is 29.4 Å². The molecule has 0 bridgehead atoms. The van der Waals surface area contributed by atoms with Crippen molar-refractivity contribution < 1.29 is 9.52 Å². The van der Waals surface area contributed by atoms with E-state index in [4.69, 9.17) is 9.40 Å². The van der Waals surface area contributed by atoms with Crippen molar-refractivity contribution in [2.75, 3.05) is 13.2 Å². The third-order valence-electron chi connectivity index (χ3n) is 4.16. The molecular weight excluding hydrogens is 284 g/mol. The van der Waals surface area contributed by atoms with Crippen LogP contribution in [0.25, 0.3) is 10.6 Å². The highest BCUT2D eigenvalue weighted by Crippen LogP contribution is 2.27. The molecule has 1 aliphatic carbocycles. The Balaban J connectivity index is 1.67. The Labute approximate surface area is 129 Å². The molecule has 0 amide bonds. The molecule has 0 aromatic carbocycles. The fraction of sp³-hybridized carbons (Fsp3) is 0.562. The monoisotopic (exact) mass is 306 g/mol. The second kappa shape index (κ2) is 7.20. The van der Waals surface area contributed by atoms with Crippen molar-refractivity contribution in [3.63, 3.8) is 0 Å². The van der Waals surface area contributed by atoms with Crippen LogP contribution in [0.15, 0.2) is 28.4 Å². The molecule has 0 radical (unpaired) electrons. The highest BCUT2D eigenvalue weighted by atomic mass is 32.1. The fourth-order valence-corrected chi connectivity index (χ4v) is 3.87. The van der Waals surface area contributed by atoms with E-state index in [9.17, 15) is 5.11 Å².